The Labute approximate surface area is 222 Å². The number of hydrogen-bond donors (Lipinski definition) is 2. The highest BCUT2D eigenvalue weighted by Gasteiger charge is 2.42. The summed E-state index contributed by atoms with van der Waals surface area (Å²) >= 11 is 0. The average Bonchev–Trinajstić information content (AvgIpc) is 3.16. The number of anilines is 3. The molecule has 9 nitrogen and oxygen atoms in total. The fourth-order valence-electron chi connectivity index (χ4n) is 3.89. The molecular formula is C26H43N7O2Si2. The molecule has 0 bridgehead atoms. The molecule has 3 heterocycles. The standard InChI is InChI=1S/C26H43N7O2Si2/c1-26(2,3)37(7,8)35-21-11-20(12-21)31-24-14-25(29-17-28-24)32-23-13-22-19(15-27-23)16-30-33(22)18-34-9-10-36(4,5)6/h13-17,20-21H,9-12,18H2,1-8H3,(H2,27,28,29,31,32)/t20-,21-. The molecule has 11 heteroatoms. The molecule has 1 aliphatic carbocycles. The van der Waals surface area contributed by atoms with Gasteiger partial charge in [0.05, 0.1) is 11.7 Å². The maximum absolute atomic E-state index is 6.52. The Morgan fingerprint density at radius 1 is 0.973 bits per heavy atom. The predicted molar refractivity (Wildman–Crippen MR) is 156 cm³/mol. The van der Waals surface area contributed by atoms with Crippen molar-refractivity contribution in [2.24, 2.45) is 0 Å². The number of nitrogens with one attached hydrogen (secondary N) is 2. The van der Waals surface area contributed by atoms with Crippen molar-refractivity contribution in [1.29, 1.82) is 0 Å². The van der Waals surface area contributed by atoms with Crippen molar-refractivity contribution in [3.8, 4) is 0 Å². The number of fused-ring (bicyclic) bond motifs is 1. The van der Waals surface area contributed by atoms with E-state index in [-0.39, 0.29) is 5.04 Å². The molecule has 2 N–H and O–H groups in total. The topological polar surface area (TPSA) is 99.0 Å². The predicted octanol–water partition coefficient (Wildman–Crippen LogP) is 6.24. The molecule has 1 fully saturated rings. The van der Waals surface area contributed by atoms with Gasteiger partial charge in [0.25, 0.3) is 0 Å². The van der Waals surface area contributed by atoms with Gasteiger partial charge in [0.15, 0.2) is 8.32 Å². The van der Waals surface area contributed by atoms with Gasteiger partial charge in [-0.05, 0) is 37.0 Å². The van der Waals surface area contributed by atoms with Crippen molar-refractivity contribution >= 4 is 44.7 Å². The van der Waals surface area contributed by atoms with Crippen LogP contribution in [0.3, 0.4) is 0 Å². The first-order valence-electron chi connectivity index (χ1n) is 13.2. The van der Waals surface area contributed by atoms with Crippen molar-refractivity contribution in [3.05, 3.63) is 30.9 Å². The van der Waals surface area contributed by atoms with Gasteiger partial charge in [0.2, 0.25) is 0 Å². The van der Waals surface area contributed by atoms with Crippen LogP contribution < -0.4 is 10.6 Å². The summed E-state index contributed by atoms with van der Waals surface area (Å²) in [5, 5.41) is 12.5. The van der Waals surface area contributed by atoms with Crippen LogP contribution in [0.15, 0.2) is 30.9 Å². The van der Waals surface area contributed by atoms with Gasteiger partial charge in [-0.15, -0.1) is 0 Å². The van der Waals surface area contributed by atoms with Gasteiger partial charge in [0, 0.05) is 50.5 Å². The van der Waals surface area contributed by atoms with Gasteiger partial charge in [-0.2, -0.15) is 5.10 Å². The minimum Gasteiger partial charge on any atom is -0.414 e. The minimum atomic E-state index is -1.73. The van der Waals surface area contributed by atoms with Crippen LogP contribution in [0.2, 0.25) is 43.8 Å². The monoisotopic (exact) mass is 541 g/mol. The quantitative estimate of drug-likeness (QED) is 0.217. The summed E-state index contributed by atoms with van der Waals surface area (Å²) in [5.41, 5.74) is 0.972. The first-order chi connectivity index (χ1) is 17.3. The average molecular weight is 542 g/mol. The summed E-state index contributed by atoms with van der Waals surface area (Å²) in [7, 11) is -2.85. The maximum atomic E-state index is 6.52. The van der Waals surface area contributed by atoms with Crippen molar-refractivity contribution in [2.45, 2.75) is 96.3 Å². The van der Waals surface area contributed by atoms with Gasteiger partial charge in [-0.1, -0.05) is 40.4 Å². The fraction of sp³-hybridized carbons (Fsp3) is 0.615. The lowest BCUT2D eigenvalue weighted by molar-refractivity contribution is 0.0817. The number of aromatic nitrogens is 5. The van der Waals surface area contributed by atoms with Crippen molar-refractivity contribution in [1.82, 2.24) is 24.7 Å². The highest BCUT2D eigenvalue weighted by atomic mass is 28.4. The van der Waals surface area contributed by atoms with Crippen LogP contribution in [-0.4, -0.2) is 59.9 Å². The van der Waals surface area contributed by atoms with E-state index in [0.717, 1.165) is 42.2 Å². The van der Waals surface area contributed by atoms with Gasteiger partial charge >= 0.3 is 0 Å². The summed E-state index contributed by atoms with van der Waals surface area (Å²) in [4.78, 5) is 13.3. The molecule has 1 aliphatic rings. The van der Waals surface area contributed by atoms with Gasteiger partial charge < -0.3 is 19.8 Å². The molecule has 0 radical (unpaired) electrons. The smallest absolute Gasteiger partial charge is 0.192 e. The third-order valence-corrected chi connectivity index (χ3v) is 13.6. The Kier molecular flexibility index (Phi) is 8.08. The number of nitrogens with zero attached hydrogens (tertiary/aromatic N) is 5. The van der Waals surface area contributed by atoms with Gasteiger partial charge in [-0.3, -0.25) is 0 Å². The van der Waals surface area contributed by atoms with E-state index >= 15 is 0 Å². The van der Waals surface area contributed by atoms with Gasteiger partial charge in [-0.25, -0.2) is 19.6 Å². The van der Waals surface area contributed by atoms with E-state index in [1.807, 2.05) is 29.2 Å². The molecule has 3 aromatic heterocycles. The van der Waals surface area contributed by atoms with E-state index in [9.17, 15) is 0 Å². The summed E-state index contributed by atoms with van der Waals surface area (Å²) in [5.74, 6) is 2.19. The maximum Gasteiger partial charge on any atom is 0.192 e. The Hall–Kier alpha value is -2.35. The first-order valence-corrected chi connectivity index (χ1v) is 19.8. The van der Waals surface area contributed by atoms with E-state index in [0.29, 0.717) is 30.5 Å². The number of hydrogen-bond acceptors (Lipinski definition) is 8. The molecule has 0 amide bonds. The lowest BCUT2D eigenvalue weighted by Gasteiger charge is -2.45. The molecule has 0 atom stereocenters. The van der Waals surface area contributed by atoms with Crippen LogP contribution in [0.4, 0.5) is 17.5 Å². The second-order valence-electron chi connectivity index (χ2n) is 12.8. The minimum absolute atomic E-state index is 0.230. The molecule has 0 aliphatic heterocycles. The summed E-state index contributed by atoms with van der Waals surface area (Å²) in [6.07, 6.45) is 7.55. The zero-order valence-corrected chi connectivity index (χ0v) is 25.6. The molecular weight excluding hydrogens is 499 g/mol. The molecule has 4 rings (SSSR count). The third kappa shape index (κ3) is 7.37. The lowest BCUT2D eigenvalue weighted by Crippen LogP contribution is -2.50. The molecule has 3 aromatic rings. The fourth-order valence-corrected chi connectivity index (χ4v) is 6.03. The van der Waals surface area contributed by atoms with E-state index in [1.54, 1.807) is 6.33 Å². The second kappa shape index (κ2) is 10.8. The van der Waals surface area contributed by atoms with E-state index < -0.39 is 16.4 Å². The van der Waals surface area contributed by atoms with Crippen LogP contribution in [0.25, 0.3) is 10.9 Å². The third-order valence-electron chi connectivity index (χ3n) is 7.37. The summed E-state index contributed by atoms with van der Waals surface area (Å²) in [6, 6.07) is 5.40. The van der Waals surface area contributed by atoms with Crippen LogP contribution in [0, 0.1) is 0 Å². The van der Waals surface area contributed by atoms with Crippen LogP contribution in [0.5, 0.6) is 0 Å². The Bertz CT molecular complexity index is 1200. The molecule has 0 saturated heterocycles. The molecule has 0 aromatic carbocycles. The van der Waals surface area contributed by atoms with Crippen molar-refractivity contribution < 1.29 is 9.16 Å². The molecule has 37 heavy (non-hydrogen) atoms. The zero-order chi connectivity index (χ0) is 26.8. The number of pyridine rings is 1. The van der Waals surface area contributed by atoms with Crippen LogP contribution >= 0.6 is 0 Å². The first kappa shape index (κ1) is 27.7. The van der Waals surface area contributed by atoms with Crippen molar-refractivity contribution in [3.63, 3.8) is 0 Å². The molecule has 1 saturated carbocycles. The normalized spacial score (nSPS) is 18.6. The van der Waals surface area contributed by atoms with E-state index in [4.69, 9.17) is 9.16 Å². The van der Waals surface area contributed by atoms with Gasteiger partial charge in [0.1, 0.15) is 30.5 Å². The SMILES string of the molecule is CC(C)(C)[Si](C)(C)O[C@H]1C[C@H](Nc2cc(Nc3cc4c(cn3)cnn4COCC[Si](C)(C)C)ncn2)C1. The summed E-state index contributed by atoms with van der Waals surface area (Å²) in [6.45, 7) is 19.7. The summed E-state index contributed by atoms with van der Waals surface area (Å²) < 4.78 is 14.3. The largest absolute Gasteiger partial charge is 0.414 e. The number of rotatable bonds is 11. The second-order valence-corrected chi connectivity index (χ2v) is 23.2. The van der Waals surface area contributed by atoms with Crippen molar-refractivity contribution in [2.75, 3.05) is 17.2 Å². The molecule has 0 unspecified atom stereocenters. The Balaban J connectivity index is 1.32. The molecule has 0 spiro atoms. The highest BCUT2D eigenvalue weighted by molar-refractivity contribution is 6.76. The Morgan fingerprint density at radius 3 is 2.38 bits per heavy atom. The molecule has 202 valence electrons. The zero-order valence-electron chi connectivity index (χ0n) is 23.6. The Morgan fingerprint density at radius 2 is 1.68 bits per heavy atom. The van der Waals surface area contributed by atoms with E-state index in [2.05, 4.69) is 84.2 Å². The van der Waals surface area contributed by atoms with Crippen LogP contribution in [0.1, 0.15) is 33.6 Å². The highest BCUT2D eigenvalue weighted by Crippen LogP contribution is 2.40. The van der Waals surface area contributed by atoms with E-state index in [1.165, 1.54) is 0 Å². The van der Waals surface area contributed by atoms with Crippen LogP contribution in [-0.2, 0) is 15.9 Å². The number of ether oxygens (including phenoxy) is 1. The lowest BCUT2D eigenvalue weighted by atomic mass is 9.89.